The summed E-state index contributed by atoms with van der Waals surface area (Å²) in [4.78, 5) is 40.2. The van der Waals surface area contributed by atoms with Crippen molar-refractivity contribution < 1.29 is 19.5 Å². The maximum absolute atomic E-state index is 11.7. The number of carboxylic acids is 1. The van der Waals surface area contributed by atoms with Gasteiger partial charge in [-0.15, -0.1) is 0 Å². The van der Waals surface area contributed by atoms with Gasteiger partial charge in [-0.05, 0) is 6.42 Å². The standard InChI is InChI=1S/C11H17N5O4/c1-2-6(9-13-3-4-14-9)15-11(20)16-7(10(18)19)5-8(12)17/h3-4,6-7H,2,5H2,1H3,(H2,12,17)(H,13,14)(H,18,19)(H2,15,16,20). The molecule has 0 aliphatic heterocycles. The minimum absolute atomic E-state index is 0.381. The van der Waals surface area contributed by atoms with Crippen LogP contribution in [0.2, 0.25) is 0 Å². The summed E-state index contributed by atoms with van der Waals surface area (Å²) in [5.74, 6) is -1.58. The predicted molar refractivity (Wildman–Crippen MR) is 68.5 cm³/mol. The Balaban J connectivity index is 2.60. The van der Waals surface area contributed by atoms with Gasteiger partial charge in [-0.1, -0.05) is 6.92 Å². The van der Waals surface area contributed by atoms with Gasteiger partial charge in [-0.2, -0.15) is 0 Å². The van der Waals surface area contributed by atoms with E-state index < -0.39 is 30.4 Å². The Bertz CT molecular complexity index is 473. The third kappa shape index (κ3) is 4.59. The number of amides is 3. The molecule has 0 radical (unpaired) electrons. The first-order valence-corrected chi connectivity index (χ1v) is 6.01. The average Bonchev–Trinajstić information content (AvgIpc) is 2.88. The fraction of sp³-hybridized carbons (Fsp3) is 0.455. The molecule has 1 rings (SSSR count). The first-order chi connectivity index (χ1) is 9.43. The lowest BCUT2D eigenvalue weighted by Gasteiger charge is -2.18. The van der Waals surface area contributed by atoms with Crippen LogP contribution in [0.5, 0.6) is 0 Å². The summed E-state index contributed by atoms with van der Waals surface area (Å²) in [5, 5.41) is 13.6. The van der Waals surface area contributed by atoms with Crippen LogP contribution in [0.1, 0.15) is 31.6 Å². The molecule has 0 fully saturated rings. The molecule has 1 aromatic rings. The molecule has 1 heterocycles. The maximum Gasteiger partial charge on any atom is 0.326 e. The summed E-state index contributed by atoms with van der Waals surface area (Å²) < 4.78 is 0. The number of carboxylic acid groups (broad SMARTS) is 1. The summed E-state index contributed by atoms with van der Waals surface area (Å²) in [6.07, 6.45) is 3.25. The number of rotatable bonds is 7. The van der Waals surface area contributed by atoms with Crippen LogP contribution < -0.4 is 16.4 Å². The van der Waals surface area contributed by atoms with Crippen molar-refractivity contribution in [3.05, 3.63) is 18.2 Å². The smallest absolute Gasteiger partial charge is 0.326 e. The third-order valence-electron chi connectivity index (χ3n) is 2.57. The van der Waals surface area contributed by atoms with E-state index in [9.17, 15) is 14.4 Å². The molecule has 6 N–H and O–H groups in total. The molecule has 2 unspecified atom stereocenters. The highest BCUT2D eigenvalue weighted by atomic mass is 16.4. The number of carbonyl (C=O) groups excluding carboxylic acids is 2. The molecule has 0 bridgehead atoms. The second-order valence-corrected chi connectivity index (χ2v) is 4.11. The maximum atomic E-state index is 11.7. The quantitative estimate of drug-likeness (QED) is 0.456. The number of nitrogens with zero attached hydrogens (tertiary/aromatic N) is 1. The van der Waals surface area contributed by atoms with Gasteiger partial charge in [-0.3, -0.25) is 4.79 Å². The number of hydrogen-bond acceptors (Lipinski definition) is 4. The molecule has 2 atom stereocenters. The number of imidazole rings is 1. The Kier molecular flexibility index (Phi) is 5.51. The highest BCUT2D eigenvalue weighted by Crippen LogP contribution is 2.10. The lowest BCUT2D eigenvalue weighted by atomic mass is 10.2. The van der Waals surface area contributed by atoms with E-state index in [0.29, 0.717) is 12.2 Å². The molecule has 1 aromatic heterocycles. The van der Waals surface area contributed by atoms with Gasteiger partial charge in [0.1, 0.15) is 11.9 Å². The molecule has 0 aliphatic carbocycles. The number of hydrogen-bond donors (Lipinski definition) is 5. The van der Waals surface area contributed by atoms with E-state index in [2.05, 4.69) is 20.6 Å². The van der Waals surface area contributed by atoms with Gasteiger partial charge < -0.3 is 26.5 Å². The number of nitrogens with one attached hydrogen (secondary N) is 3. The Hall–Kier alpha value is -2.58. The number of aromatic amines is 1. The van der Waals surface area contributed by atoms with Crippen LogP contribution in [0.4, 0.5) is 4.79 Å². The van der Waals surface area contributed by atoms with Crippen molar-refractivity contribution in [2.45, 2.75) is 31.8 Å². The summed E-state index contributed by atoms with van der Waals surface area (Å²) in [6.45, 7) is 1.84. The summed E-state index contributed by atoms with van der Waals surface area (Å²) >= 11 is 0. The van der Waals surface area contributed by atoms with Crippen LogP contribution in [0.15, 0.2) is 12.4 Å². The van der Waals surface area contributed by atoms with E-state index in [1.165, 1.54) is 0 Å². The first kappa shape index (κ1) is 15.5. The Morgan fingerprint density at radius 1 is 1.45 bits per heavy atom. The van der Waals surface area contributed by atoms with Crippen LogP contribution in [0.3, 0.4) is 0 Å². The van der Waals surface area contributed by atoms with E-state index >= 15 is 0 Å². The van der Waals surface area contributed by atoms with Crippen molar-refractivity contribution in [2.24, 2.45) is 5.73 Å². The molecular weight excluding hydrogens is 266 g/mol. The largest absolute Gasteiger partial charge is 0.480 e. The van der Waals surface area contributed by atoms with Crippen molar-refractivity contribution in [3.8, 4) is 0 Å². The predicted octanol–water partition coefficient (Wildman–Crippen LogP) is -0.511. The molecule has 9 nitrogen and oxygen atoms in total. The molecule has 0 spiro atoms. The minimum atomic E-state index is -1.36. The minimum Gasteiger partial charge on any atom is -0.480 e. The molecule has 110 valence electrons. The van der Waals surface area contributed by atoms with Gasteiger partial charge in [-0.25, -0.2) is 14.6 Å². The Morgan fingerprint density at radius 2 is 2.15 bits per heavy atom. The van der Waals surface area contributed by atoms with Crippen molar-refractivity contribution >= 4 is 17.9 Å². The molecule has 0 saturated carbocycles. The van der Waals surface area contributed by atoms with E-state index in [0.717, 1.165) is 0 Å². The van der Waals surface area contributed by atoms with Crippen molar-refractivity contribution in [1.29, 1.82) is 0 Å². The third-order valence-corrected chi connectivity index (χ3v) is 2.57. The molecule has 0 aliphatic rings. The van der Waals surface area contributed by atoms with E-state index in [4.69, 9.17) is 10.8 Å². The number of aliphatic carboxylic acids is 1. The van der Waals surface area contributed by atoms with Gasteiger partial charge in [0.15, 0.2) is 0 Å². The molecule has 0 saturated heterocycles. The average molecular weight is 283 g/mol. The number of nitrogens with two attached hydrogens (primary N) is 1. The van der Waals surface area contributed by atoms with Crippen LogP contribution in [0, 0.1) is 0 Å². The fourth-order valence-corrected chi connectivity index (χ4v) is 1.59. The number of primary amides is 1. The number of aromatic nitrogens is 2. The SMILES string of the molecule is CCC(NC(=O)NC(CC(N)=O)C(=O)O)c1ncc[nH]1. The van der Waals surface area contributed by atoms with E-state index in [1.807, 2.05) is 6.92 Å². The van der Waals surface area contributed by atoms with Crippen molar-refractivity contribution in [1.82, 2.24) is 20.6 Å². The molecular formula is C11H17N5O4. The van der Waals surface area contributed by atoms with Gasteiger partial charge in [0.25, 0.3) is 0 Å². The topological polar surface area (TPSA) is 150 Å². The second-order valence-electron chi connectivity index (χ2n) is 4.11. The van der Waals surface area contributed by atoms with Crippen LogP contribution in [-0.2, 0) is 9.59 Å². The Labute approximate surface area is 114 Å². The Morgan fingerprint density at radius 3 is 2.60 bits per heavy atom. The number of carbonyl (C=O) groups is 3. The molecule has 9 heteroatoms. The van der Waals surface area contributed by atoms with Gasteiger partial charge in [0.2, 0.25) is 5.91 Å². The summed E-state index contributed by atoms with van der Waals surface area (Å²) in [5.41, 5.74) is 4.92. The van der Waals surface area contributed by atoms with Gasteiger partial charge >= 0.3 is 12.0 Å². The second kappa shape index (κ2) is 7.12. The normalized spacial score (nSPS) is 13.2. The fourth-order valence-electron chi connectivity index (χ4n) is 1.59. The highest BCUT2D eigenvalue weighted by Gasteiger charge is 2.23. The molecule has 20 heavy (non-hydrogen) atoms. The zero-order valence-corrected chi connectivity index (χ0v) is 10.9. The zero-order valence-electron chi connectivity index (χ0n) is 10.9. The van der Waals surface area contributed by atoms with Crippen LogP contribution >= 0.6 is 0 Å². The van der Waals surface area contributed by atoms with E-state index in [1.54, 1.807) is 12.4 Å². The number of urea groups is 1. The molecule has 0 aromatic carbocycles. The monoisotopic (exact) mass is 283 g/mol. The highest BCUT2D eigenvalue weighted by molar-refractivity contribution is 5.87. The lowest BCUT2D eigenvalue weighted by Crippen LogP contribution is -2.48. The molecule has 3 amide bonds. The van der Waals surface area contributed by atoms with E-state index in [-0.39, 0.29) is 6.04 Å². The number of H-pyrrole nitrogens is 1. The summed E-state index contributed by atoms with van der Waals surface area (Å²) in [6, 6.07) is -2.45. The van der Waals surface area contributed by atoms with Crippen LogP contribution in [0.25, 0.3) is 0 Å². The van der Waals surface area contributed by atoms with Gasteiger partial charge in [0, 0.05) is 12.4 Å². The zero-order chi connectivity index (χ0) is 15.1. The van der Waals surface area contributed by atoms with Crippen molar-refractivity contribution in [2.75, 3.05) is 0 Å². The van der Waals surface area contributed by atoms with Gasteiger partial charge in [0.05, 0.1) is 12.5 Å². The van der Waals surface area contributed by atoms with Crippen LogP contribution in [-0.4, -0.2) is 39.0 Å². The van der Waals surface area contributed by atoms with Crippen molar-refractivity contribution in [3.63, 3.8) is 0 Å². The summed E-state index contributed by atoms with van der Waals surface area (Å²) in [7, 11) is 0. The lowest BCUT2D eigenvalue weighted by molar-refractivity contribution is -0.140. The first-order valence-electron chi connectivity index (χ1n) is 6.01.